The third-order valence-corrected chi connectivity index (χ3v) is 7.21. The van der Waals surface area contributed by atoms with E-state index in [-0.39, 0.29) is 24.7 Å². The third kappa shape index (κ3) is 15.8. The lowest BCUT2D eigenvalue weighted by Crippen LogP contribution is -2.22. The molecule has 0 bridgehead atoms. The van der Waals surface area contributed by atoms with E-state index >= 15 is 0 Å². The minimum Gasteiger partial charge on any atom is -0.481 e. The molecular formula is C35H50N2O4. The van der Waals surface area contributed by atoms with E-state index in [0.29, 0.717) is 18.7 Å². The summed E-state index contributed by atoms with van der Waals surface area (Å²) in [6, 6.07) is 17.1. The van der Waals surface area contributed by atoms with Crippen LogP contribution in [0.15, 0.2) is 60.7 Å². The van der Waals surface area contributed by atoms with E-state index in [2.05, 4.69) is 17.6 Å². The smallest absolute Gasteiger partial charge is 0.303 e. The molecule has 0 atom stereocenters. The van der Waals surface area contributed by atoms with Crippen LogP contribution in [0.2, 0.25) is 0 Å². The molecule has 0 spiro atoms. The van der Waals surface area contributed by atoms with Crippen LogP contribution in [0.5, 0.6) is 0 Å². The molecule has 2 rings (SSSR count). The van der Waals surface area contributed by atoms with Crippen LogP contribution >= 0.6 is 0 Å². The number of hydrogen-bond acceptors (Lipinski definition) is 3. The first-order valence-electron chi connectivity index (χ1n) is 15.7. The summed E-state index contributed by atoms with van der Waals surface area (Å²) in [5.74, 6) is -1.24. The first kappa shape index (κ1) is 33.8. The van der Waals surface area contributed by atoms with Crippen LogP contribution < -0.4 is 10.6 Å². The highest BCUT2D eigenvalue weighted by Crippen LogP contribution is 2.25. The molecule has 0 unspecified atom stereocenters. The van der Waals surface area contributed by atoms with Gasteiger partial charge in [0.25, 0.3) is 0 Å². The molecule has 41 heavy (non-hydrogen) atoms. The van der Waals surface area contributed by atoms with Gasteiger partial charge in [-0.1, -0.05) is 126 Å². The monoisotopic (exact) mass is 562 g/mol. The fraction of sp³-hybridized carbons (Fsp3) is 0.514. The number of unbranched alkanes of at least 4 members (excludes halogenated alkanes) is 12. The van der Waals surface area contributed by atoms with Crippen molar-refractivity contribution in [2.75, 3.05) is 11.9 Å². The Bertz CT molecular complexity index is 1050. The van der Waals surface area contributed by atoms with Crippen molar-refractivity contribution in [2.24, 2.45) is 0 Å². The Morgan fingerprint density at radius 2 is 1.20 bits per heavy atom. The number of carbonyl (C=O) groups excluding carboxylic acids is 2. The van der Waals surface area contributed by atoms with Gasteiger partial charge in [-0.05, 0) is 41.7 Å². The average molecular weight is 563 g/mol. The number of carboxylic acids is 1. The molecule has 0 aliphatic rings. The zero-order chi connectivity index (χ0) is 29.5. The SMILES string of the molecule is CCCCCCCCCCCCCCCNC(=O)C=C(c1ccccc1)c1ccc(NC(=O)CCCC(=O)O)cc1. The molecule has 0 aromatic heterocycles. The number of amides is 2. The van der Waals surface area contributed by atoms with Crippen LogP contribution in [-0.2, 0) is 14.4 Å². The number of benzene rings is 2. The fourth-order valence-corrected chi connectivity index (χ4v) is 4.84. The molecule has 0 fully saturated rings. The first-order valence-corrected chi connectivity index (χ1v) is 15.7. The standard InChI is InChI=1S/C35H50N2O4/c1-2-3-4-5-6-7-8-9-10-11-12-13-17-27-36-34(39)28-32(29-19-15-14-16-20-29)30-23-25-31(26-24-30)37-33(38)21-18-22-35(40)41/h14-16,19-20,23-26,28H,2-13,17-18,21-22,27H2,1H3,(H,36,39)(H,37,38)(H,40,41). The van der Waals surface area contributed by atoms with Crippen LogP contribution in [0, 0.1) is 0 Å². The number of carboxylic acid groups (broad SMARTS) is 1. The summed E-state index contributed by atoms with van der Waals surface area (Å²) in [6.07, 6.45) is 19.0. The van der Waals surface area contributed by atoms with E-state index < -0.39 is 5.97 Å². The quantitative estimate of drug-likeness (QED) is 0.0990. The summed E-state index contributed by atoms with van der Waals surface area (Å²) in [5, 5.41) is 14.6. The van der Waals surface area contributed by atoms with Gasteiger partial charge in [0.1, 0.15) is 0 Å². The number of rotatable bonds is 22. The van der Waals surface area contributed by atoms with Gasteiger partial charge in [-0.25, -0.2) is 0 Å². The van der Waals surface area contributed by atoms with Crippen molar-refractivity contribution in [1.29, 1.82) is 0 Å². The highest BCUT2D eigenvalue weighted by atomic mass is 16.4. The number of hydrogen-bond donors (Lipinski definition) is 3. The van der Waals surface area contributed by atoms with Gasteiger partial charge < -0.3 is 15.7 Å². The Morgan fingerprint density at radius 1 is 0.659 bits per heavy atom. The molecule has 6 heteroatoms. The van der Waals surface area contributed by atoms with Gasteiger partial charge in [-0.3, -0.25) is 14.4 Å². The summed E-state index contributed by atoms with van der Waals surface area (Å²) in [7, 11) is 0. The maximum absolute atomic E-state index is 12.8. The van der Waals surface area contributed by atoms with E-state index in [9.17, 15) is 14.4 Å². The van der Waals surface area contributed by atoms with Crippen molar-refractivity contribution < 1.29 is 19.5 Å². The molecule has 224 valence electrons. The maximum Gasteiger partial charge on any atom is 0.303 e. The van der Waals surface area contributed by atoms with Crippen molar-refractivity contribution in [3.8, 4) is 0 Å². The highest BCUT2D eigenvalue weighted by Gasteiger charge is 2.10. The zero-order valence-electron chi connectivity index (χ0n) is 25.0. The molecule has 0 heterocycles. The van der Waals surface area contributed by atoms with E-state index in [0.717, 1.165) is 29.5 Å². The highest BCUT2D eigenvalue weighted by molar-refractivity contribution is 5.99. The number of nitrogens with one attached hydrogen (secondary N) is 2. The molecule has 0 aliphatic carbocycles. The Morgan fingerprint density at radius 3 is 1.76 bits per heavy atom. The molecule has 2 aromatic carbocycles. The van der Waals surface area contributed by atoms with E-state index in [4.69, 9.17) is 5.11 Å². The molecule has 0 saturated carbocycles. The molecule has 2 amide bonds. The lowest BCUT2D eigenvalue weighted by Gasteiger charge is -2.11. The molecule has 0 aliphatic heterocycles. The summed E-state index contributed by atoms with van der Waals surface area (Å²) < 4.78 is 0. The van der Waals surface area contributed by atoms with Gasteiger partial charge in [0.2, 0.25) is 11.8 Å². The van der Waals surface area contributed by atoms with E-state index in [1.807, 2.05) is 42.5 Å². The lowest BCUT2D eigenvalue weighted by molar-refractivity contribution is -0.137. The summed E-state index contributed by atoms with van der Waals surface area (Å²) in [6.45, 7) is 2.93. The van der Waals surface area contributed by atoms with Gasteiger partial charge in [-0.15, -0.1) is 0 Å². The average Bonchev–Trinajstić information content (AvgIpc) is 2.97. The molecule has 6 nitrogen and oxygen atoms in total. The van der Waals surface area contributed by atoms with Crippen molar-refractivity contribution in [3.05, 3.63) is 71.8 Å². The van der Waals surface area contributed by atoms with Crippen molar-refractivity contribution in [2.45, 2.75) is 110 Å². The van der Waals surface area contributed by atoms with Gasteiger partial charge in [-0.2, -0.15) is 0 Å². The lowest BCUT2D eigenvalue weighted by atomic mass is 9.97. The summed E-state index contributed by atoms with van der Waals surface area (Å²) in [5.41, 5.74) is 3.26. The Kier molecular flexibility index (Phi) is 17.6. The van der Waals surface area contributed by atoms with Crippen LogP contribution in [-0.4, -0.2) is 29.4 Å². The first-order chi connectivity index (χ1) is 20.0. The van der Waals surface area contributed by atoms with Crippen LogP contribution in [0.3, 0.4) is 0 Å². The minimum atomic E-state index is -0.907. The molecule has 2 aromatic rings. The second-order valence-electron chi connectivity index (χ2n) is 10.8. The maximum atomic E-state index is 12.8. The topological polar surface area (TPSA) is 95.5 Å². The van der Waals surface area contributed by atoms with Crippen molar-refractivity contribution >= 4 is 29.0 Å². The molecule has 0 radical (unpaired) electrons. The second kappa shape index (κ2) is 21.4. The Labute approximate surface area is 247 Å². The molecule has 0 saturated heterocycles. The normalized spacial score (nSPS) is 11.3. The van der Waals surface area contributed by atoms with Gasteiger partial charge in [0, 0.05) is 31.1 Å². The Balaban J connectivity index is 1.75. The number of aliphatic carboxylic acids is 1. The fourth-order valence-electron chi connectivity index (χ4n) is 4.84. The zero-order valence-corrected chi connectivity index (χ0v) is 25.0. The van der Waals surface area contributed by atoms with Crippen LogP contribution in [0.4, 0.5) is 5.69 Å². The molecular weight excluding hydrogens is 512 g/mol. The number of anilines is 1. The van der Waals surface area contributed by atoms with E-state index in [1.54, 1.807) is 18.2 Å². The van der Waals surface area contributed by atoms with Gasteiger partial charge in [0.05, 0.1) is 0 Å². The predicted molar refractivity (Wildman–Crippen MR) is 169 cm³/mol. The van der Waals surface area contributed by atoms with Crippen LogP contribution in [0.1, 0.15) is 121 Å². The predicted octanol–water partition coefficient (Wildman–Crippen LogP) is 8.52. The second-order valence-corrected chi connectivity index (χ2v) is 10.8. The third-order valence-electron chi connectivity index (χ3n) is 7.21. The van der Waals surface area contributed by atoms with Crippen molar-refractivity contribution in [3.63, 3.8) is 0 Å². The van der Waals surface area contributed by atoms with Crippen LogP contribution in [0.25, 0.3) is 5.57 Å². The summed E-state index contributed by atoms with van der Waals surface area (Å²) >= 11 is 0. The number of carbonyl (C=O) groups is 3. The minimum absolute atomic E-state index is 0.0288. The Hall–Kier alpha value is -3.41. The largest absolute Gasteiger partial charge is 0.481 e. The van der Waals surface area contributed by atoms with Gasteiger partial charge >= 0.3 is 5.97 Å². The molecule has 3 N–H and O–H groups in total. The van der Waals surface area contributed by atoms with Crippen molar-refractivity contribution in [1.82, 2.24) is 5.32 Å². The van der Waals surface area contributed by atoms with E-state index in [1.165, 1.54) is 70.6 Å². The summed E-state index contributed by atoms with van der Waals surface area (Å²) in [4.78, 5) is 35.5. The van der Waals surface area contributed by atoms with Gasteiger partial charge in [0.15, 0.2) is 0 Å².